The van der Waals surface area contributed by atoms with Crippen LogP contribution in [-0.2, 0) is 12.0 Å². The molecule has 4 heteroatoms. The second kappa shape index (κ2) is 3.31. The number of aliphatic hydroxyl groups excluding tert-OH is 1. The Morgan fingerprint density at radius 1 is 1.40 bits per heavy atom. The van der Waals surface area contributed by atoms with Crippen LogP contribution in [0.4, 0.5) is 0 Å². The summed E-state index contributed by atoms with van der Waals surface area (Å²) in [6, 6.07) is 0. The molecule has 2 aromatic heterocycles. The Morgan fingerprint density at radius 2 is 2.13 bits per heavy atom. The quantitative estimate of drug-likeness (QED) is 0.768. The fourth-order valence-electron chi connectivity index (χ4n) is 1.64. The maximum absolute atomic E-state index is 9.21. The minimum Gasteiger partial charge on any atom is -0.390 e. The first kappa shape index (κ1) is 10.1. The molecular formula is C11H15N3O. The number of hydrogen-bond acceptors (Lipinski definition) is 3. The van der Waals surface area contributed by atoms with Gasteiger partial charge in [0.15, 0.2) is 0 Å². The largest absolute Gasteiger partial charge is 0.390 e. The van der Waals surface area contributed by atoms with E-state index >= 15 is 0 Å². The van der Waals surface area contributed by atoms with Crippen molar-refractivity contribution in [2.45, 2.75) is 32.8 Å². The van der Waals surface area contributed by atoms with Crippen LogP contribution in [0.2, 0.25) is 0 Å². The average molecular weight is 205 g/mol. The predicted octanol–water partition coefficient (Wildman–Crippen LogP) is 1.52. The van der Waals surface area contributed by atoms with Crippen LogP contribution in [0.1, 0.15) is 32.3 Å². The first-order valence-corrected chi connectivity index (χ1v) is 4.96. The summed E-state index contributed by atoms with van der Waals surface area (Å²) < 4.78 is 1.98. The topological polar surface area (TPSA) is 50.4 Å². The lowest BCUT2D eigenvalue weighted by Gasteiger charge is -2.16. The van der Waals surface area contributed by atoms with Crippen molar-refractivity contribution in [3.63, 3.8) is 0 Å². The van der Waals surface area contributed by atoms with E-state index < -0.39 is 0 Å². The number of aromatic nitrogens is 3. The Hall–Kier alpha value is -1.42. The molecule has 0 aromatic carbocycles. The van der Waals surface area contributed by atoms with Gasteiger partial charge in [0.05, 0.1) is 24.0 Å². The van der Waals surface area contributed by atoms with Gasteiger partial charge in [-0.25, -0.2) is 4.98 Å². The number of nitrogens with zero attached hydrogens (tertiary/aromatic N) is 3. The summed E-state index contributed by atoms with van der Waals surface area (Å²) in [6.07, 6.45) is 5.33. The van der Waals surface area contributed by atoms with Gasteiger partial charge in [-0.3, -0.25) is 9.38 Å². The van der Waals surface area contributed by atoms with Crippen LogP contribution in [0, 0.1) is 0 Å². The minimum atomic E-state index is -0.0503. The zero-order valence-corrected chi connectivity index (χ0v) is 9.23. The summed E-state index contributed by atoms with van der Waals surface area (Å²) in [5.74, 6) is 0.948. The van der Waals surface area contributed by atoms with Crippen LogP contribution < -0.4 is 0 Å². The fourth-order valence-corrected chi connectivity index (χ4v) is 1.64. The molecule has 0 radical (unpaired) electrons. The summed E-state index contributed by atoms with van der Waals surface area (Å²) in [7, 11) is 0. The van der Waals surface area contributed by atoms with Crippen LogP contribution in [-0.4, -0.2) is 19.5 Å². The highest BCUT2D eigenvalue weighted by Gasteiger charge is 2.21. The second-order valence-electron chi connectivity index (χ2n) is 4.62. The number of rotatable bonds is 1. The molecule has 0 atom stereocenters. The van der Waals surface area contributed by atoms with Crippen molar-refractivity contribution < 1.29 is 5.11 Å². The molecule has 0 saturated carbocycles. The standard InChI is InChI=1S/C11H15N3O/c1-11(2,3)10-13-8(7-15)9-6-12-4-5-14(9)10/h4-6,15H,7H2,1-3H3. The summed E-state index contributed by atoms with van der Waals surface area (Å²) in [5, 5.41) is 9.21. The number of imidazole rings is 1. The molecule has 15 heavy (non-hydrogen) atoms. The van der Waals surface area contributed by atoms with Crippen molar-refractivity contribution in [1.29, 1.82) is 0 Å². The van der Waals surface area contributed by atoms with Gasteiger partial charge in [0.25, 0.3) is 0 Å². The Balaban J connectivity index is 2.76. The third-order valence-corrected chi connectivity index (χ3v) is 2.34. The predicted molar refractivity (Wildman–Crippen MR) is 57.6 cm³/mol. The molecular weight excluding hydrogens is 190 g/mol. The molecule has 2 aromatic rings. The molecule has 0 amide bonds. The second-order valence-corrected chi connectivity index (χ2v) is 4.62. The monoisotopic (exact) mass is 205 g/mol. The third-order valence-electron chi connectivity index (χ3n) is 2.34. The van der Waals surface area contributed by atoms with Crippen molar-refractivity contribution >= 4 is 5.52 Å². The van der Waals surface area contributed by atoms with Crippen molar-refractivity contribution in [3.05, 3.63) is 30.1 Å². The summed E-state index contributed by atoms with van der Waals surface area (Å²) >= 11 is 0. The van der Waals surface area contributed by atoms with Gasteiger partial charge in [-0.1, -0.05) is 20.8 Å². The van der Waals surface area contributed by atoms with Crippen LogP contribution in [0.25, 0.3) is 5.52 Å². The molecule has 4 nitrogen and oxygen atoms in total. The third kappa shape index (κ3) is 1.61. The van der Waals surface area contributed by atoms with Crippen molar-refractivity contribution in [2.24, 2.45) is 0 Å². The van der Waals surface area contributed by atoms with E-state index in [-0.39, 0.29) is 12.0 Å². The van der Waals surface area contributed by atoms with Crippen LogP contribution in [0.15, 0.2) is 18.6 Å². The molecule has 0 aliphatic carbocycles. The van der Waals surface area contributed by atoms with E-state index in [0.29, 0.717) is 5.69 Å². The molecule has 0 aliphatic rings. The Morgan fingerprint density at radius 3 is 2.73 bits per heavy atom. The van der Waals surface area contributed by atoms with Gasteiger partial charge in [-0.15, -0.1) is 0 Å². The lowest BCUT2D eigenvalue weighted by molar-refractivity contribution is 0.278. The first-order valence-electron chi connectivity index (χ1n) is 4.96. The average Bonchev–Trinajstić information content (AvgIpc) is 2.55. The van der Waals surface area contributed by atoms with Crippen LogP contribution in [0.3, 0.4) is 0 Å². The molecule has 2 rings (SSSR count). The van der Waals surface area contributed by atoms with E-state index in [2.05, 4.69) is 30.7 Å². The number of fused-ring (bicyclic) bond motifs is 1. The zero-order valence-electron chi connectivity index (χ0n) is 9.23. The first-order chi connectivity index (χ1) is 7.04. The summed E-state index contributed by atoms with van der Waals surface area (Å²) in [6.45, 7) is 6.25. The maximum atomic E-state index is 9.21. The highest BCUT2D eigenvalue weighted by Crippen LogP contribution is 2.23. The highest BCUT2D eigenvalue weighted by atomic mass is 16.3. The Labute approximate surface area is 88.6 Å². The normalized spacial score (nSPS) is 12.3. The highest BCUT2D eigenvalue weighted by molar-refractivity contribution is 5.51. The molecule has 1 N–H and O–H groups in total. The van der Waals surface area contributed by atoms with E-state index in [1.54, 1.807) is 12.4 Å². The minimum absolute atomic E-state index is 0.0440. The van der Waals surface area contributed by atoms with Crippen molar-refractivity contribution in [1.82, 2.24) is 14.4 Å². The van der Waals surface area contributed by atoms with Crippen molar-refractivity contribution in [3.8, 4) is 0 Å². The van der Waals surface area contributed by atoms with Gasteiger partial charge in [0, 0.05) is 17.8 Å². The molecule has 0 unspecified atom stereocenters. The fraction of sp³-hybridized carbons (Fsp3) is 0.455. The lowest BCUT2D eigenvalue weighted by atomic mass is 9.96. The van der Waals surface area contributed by atoms with Gasteiger partial charge >= 0.3 is 0 Å². The Kier molecular flexibility index (Phi) is 2.23. The SMILES string of the molecule is CC(C)(C)c1nc(CO)c2cnccn12. The van der Waals surface area contributed by atoms with E-state index in [1.807, 2.05) is 10.6 Å². The van der Waals surface area contributed by atoms with E-state index in [0.717, 1.165) is 11.3 Å². The summed E-state index contributed by atoms with van der Waals surface area (Å²) in [5.41, 5.74) is 1.52. The molecule has 0 spiro atoms. The van der Waals surface area contributed by atoms with E-state index in [4.69, 9.17) is 0 Å². The molecule has 80 valence electrons. The van der Waals surface area contributed by atoms with Crippen LogP contribution in [0.5, 0.6) is 0 Å². The lowest BCUT2D eigenvalue weighted by Crippen LogP contribution is -2.15. The zero-order chi connectivity index (χ0) is 11.1. The number of aliphatic hydroxyl groups is 1. The smallest absolute Gasteiger partial charge is 0.119 e. The van der Waals surface area contributed by atoms with Gasteiger partial charge in [-0.2, -0.15) is 0 Å². The van der Waals surface area contributed by atoms with Crippen LogP contribution >= 0.6 is 0 Å². The summed E-state index contributed by atoms with van der Waals surface area (Å²) in [4.78, 5) is 8.50. The van der Waals surface area contributed by atoms with Gasteiger partial charge in [-0.05, 0) is 0 Å². The molecule has 0 fully saturated rings. The van der Waals surface area contributed by atoms with Gasteiger partial charge < -0.3 is 5.11 Å². The van der Waals surface area contributed by atoms with E-state index in [9.17, 15) is 5.11 Å². The molecule has 0 aliphatic heterocycles. The van der Waals surface area contributed by atoms with Gasteiger partial charge in [0.2, 0.25) is 0 Å². The maximum Gasteiger partial charge on any atom is 0.119 e. The molecule has 0 bridgehead atoms. The van der Waals surface area contributed by atoms with Gasteiger partial charge in [0.1, 0.15) is 5.82 Å². The Bertz CT molecular complexity index is 482. The van der Waals surface area contributed by atoms with E-state index in [1.165, 1.54) is 0 Å². The van der Waals surface area contributed by atoms with Crippen molar-refractivity contribution in [2.75, 3.05) is 0 Å². The molecule has 2 heterocycles. The number of hydrogen-bond donors (Lipinski definition) is 1. The molecule has 0 saturated heterocycles.